The largest absolute Gasteiger partial charge is 0.488 e. The van der Waals surface area contributed by atoms with Gasteiger partial charge < -0.3 is 9.57 Å². The lowest BCUT2D eigenvalue weighted by Crippen LogP contribution is -2.28. The van der Waals surface area contributed by atoms with Crippen molar-refractivity contribution in [2.24, 2.45) is 0 Å². The number of hydrogen-bond donors (Lipinski definition) is 1. The number of hydrogen-bond acceptors (Lipinski definition) is 3. The molecule has 1 heterocycles. The number of benzene rings is 1. The van der Waals surface area contributed by atoms with Gasteiger partial charge in [0, 0.05) is 5.56 Å². The lowest BCUT2D eigenvalue weighted by atomic mass is 9.93. The normalized spacial score (nSPS) is 22.7. The summed E-state index contributed by atoms with van der Waals surface area (Å²) in [5.41, 5.74) is 6.80. The molecular formula is C14H21NO2. The third-order valence-electron chi connectivity index (χ3n) is 3.40. The van der Waals surface area contributed by atoms with Crippen LogP contribution in [0.5, 0.6) is 5.75 Å². The maximum atomic E-state index is 6.00. The molecule has 1 aliphatic heterocycles. The topological polar surface area (TPSA) is 30.5 Å². The summed E-state index contributed by atoms with van der Waals surface area (Å²) in [6.07, 6.45) is 0.101. The molecule has 0 aliphatic carbocycles. The SMILES string of the molecule is CONC1c2c(C)ccc(C(C)C)c2OC1C. The zero-order valence-electron chi connectivity index (χ0n) is 11.2. The first-order chi connectivity index (χ1) is 8.06. The maximum absolute atomic E-state index is 6.00. The Morgan fingerprint density at radius 2 is 2.06 bits per heavy atom. The summed E-state index contributed by atoms with van der Waals surface area (Å²) in [6, 6.07) is 4.45. The molecule has 1 aliphatic rings. The summed E-state index contributed by atoms with van der Waals surface area (Å²) in [5, 5.41) is 0. The first-order valence-electron chi connectivity index (χ1n) is 6.14. The van der Waals surface area contributed by atoms with Gasteiger partial charge in [0.05, 0.1) is 13.2 Å². The van der Waals surface area contributed by atoms with E-state index in [1.807, 2.05) is 0 Å². The molecule has 3 heteroatoms. The number of fused-ring (bicyclic) bond motifs is 1. The summed E-state index contributed by atoms with van der Waals surface area (Å²) in [5.74, 6) is 1.51. The molecule has 94 valence electrons. The lowest BCUT2D eigenvalue weighted by molar-refractivity contribution is 0.0337. The van der Waals surface area contributed by atoms with Gasteiger partial charge >= 0.3 is 0 Å². The number of ether oxygens (including phenoxy) is 1. The van der Waals surface area contributed by atoms with Crippen LogP contribution in [-0.2, 0) is 4.84 Å². The quantitative estimate of drug-likeness (QED) is 0.817. The fourth-order valence-corrected chi connectivity index (χ4v) is 2.46. The molecule has 0 fully saturated rings. The van der Waals surface area contributed by atoms with Crippen molar-refractivity contribution in [3.05, 3.63) is 28.8 Å². The van der Waals surface area contributed by atoms with Crippen LogP contribution in [0, 0.1) is 6.92 Å². The summed E-state index contributed by atoms with van der Waals surface area (Å²) in [6.45, 7) is 8.57. The van der Waals surface area contributed by atoms with Gasteiger partial charge in [0.1, 0.15) is 11.9 Å². The Kier molecular flexibility index (Phi) is 3.40. The Morgan fingerprint density at radius 3 is 2.65 bits per heavy atom. The van der Waals surface area contributed by atoms with E-state index in [1.54, 1.807) is 7.11 Å². The summed E-state index contributed by atoms with van der Waals surface area (Å²) < 4.78 is 6.00. The lowest BCUT2D eigenvalue weighted by Gasteiger charge is -2.16. The smallest absolute Gasteiger partial charge is 0.128 e. The molecule has 0 saturated heterocycles. The van der Waals surface area contributed by atoms with Crippen molar-refractivity contribution in [1.29, 1.82) is 0 Å². The zero-order valence-corrected chi connectivity index (χ0v) is 11.2. The third-order valence-corrected chi connectivity index (χ3v) is 3.40. The second-order valence-corrected chi connectivity index (χ2v) is 4.99. The van der Waals surface area contributed by atoms with E-state index in [-0.39, 0.29) is 12.1 Å². The van der Waals surface area contributed by atoms with Gasteiger partial charge in [0.2, 0.25) is 0 Å². The Bertz CT molecular complexity index is 415. The molecule has 0 aromatic heterocycles. The number of aryl methyl sites for hydroxylation is 1. The molecule has 0 radical (unpaired) electrons. The molecule has 1 aromatic rings. The van der Waals surface area contributed by atoms with E-state index in [0.29, 0.717) is 5.92 Å². The molecule has 2 unspecified atom stereocenters. The van der Waals surface area contributed by atoms with Crippen molar-refractivity contribution < 1.29 is 9.57 Å². The van der Waals surface area contributed by atoms with Gasteiger partial charge in [-0.25, -0.2) is 0 Å². The molecule has 0 saturated carbocycles. The highest BCUT2D eigenvalue weighted by Gasteiger charge is 2.34. The monoisotopic (exact) mass is 235 g/mol. The highest BCUT2D eigenvalue weighted by Crippen LogP contribution is 2.43. The summed E-state index contributed by atoms with van der Waals surface area (Å²) >= 11 is 0. The van der Waals surface area contributed by atoms with Crippen LogP contribution in [0.25, 0.3) is 0 Å². The Balaban J connectivity index is 2.50. The molecule has 2 atom stereocenters. The maximum Gasteiger partial charge on any atom is 0.128 e. The first kappa shape index (κ1) is 12.4. The van der Waals surface area contributed by atoms with Crippen molar-refractivity contribution in [1.82, 2.24) is 5.48 Å². The predicted molar refractivity (Wildman–Crippen MR) is 68.2 cm³/mol. The number of nitrogens with one attached hydrogen (secondary N) is 1. The van der Waals surface area contributed by atoms with Crippen LogP contribution < -0.4 is 10.2 Å². The van der Waals surface area contributed by atoms with E-state index in [0.717, 1.165) is 5.75 Å². The second-order valence-electron chi connectivity index (χ2n) is 4.99. The van der Waals surface area contributed by atoms with Crippen LogP contribution in [0.1, 0.15) is 49.4 Å². The standard InChI is InChI=1S/C14H21NO2/c1-8(2)11-7-6-9(3)12-13(15-16-5)10(4)17-14(11)12/h6-8,10,13,15H,1-5H3. The van der Waals surface area contributed by atoms with Gasteiger partial charge in [-0.15, -0.1) is 0 Å². The minimum Gasteiger partial charge on any atom is -0.488 e. The van der Waals surface area contributed by atoms with Gasteiger partial charge in [0.15, 0.2) is 0 Å². The van der Waals surface area contributed by atoms with Crippen molar-refractivity contribution in [3.63, 3.8) is 0 Å². The number of hydroxylamine groups is 1. The summed E-state index contributed by atoms with van der Waals surface area (Å²) in [4.78, 5) is 5.08. The molecule has 1 N–H and O–H groups in total. The first-order valence-corrected chi connectivity index (χ1v) is 6.14. The molecule has 0 amide bonds. The van der Waals surface area contributed by atoms with Crippen molar-refractivity contribution >= 4 is 0 Å². The van der Waals surface area contributed by atoms with Gasteiger partial charge in [-0.3, -0.25) is 0 Å². The van der Waals surface area contributed by atoms with Crippen LogP contribution in [0.2, 0.25) is 0 Å². The minimum atomic E-state index is 0.101. The molecule has 17 heavy (non-hydrogen) atoms. The second kappa shape index (κ2) is 4.67. The minimum absolute atomic E-state index is 0.101. The van der Waals surface area contributed by atoms with Gasteiger partial charge in [-0.2, -0.15) is 5.48 Å². The van der Waals surface area contributed by atoms with Gasteiger partial charge in [0.25, 0.3) is 0 Å². The van der Waals surface area contributed by atoms with Gasteiger partial charge in [-0.05, 0) is 30.9 Å². The van der Waals surface area contributed by atoms with Crippen molar-refractivity contribution in [3.8, 4) is 5.75 Å². The predicted octanol–water partition coefficient (Wildman–Crippen LogP) is 3.09. The van der Waals surface area contributed by atoms with Crippen LogP contribution in [-0.4, -0.2) is 13.2 Å². The number of rotatable bonds is 3. The summed E-state index contributed by atoms with van der Waals surface area (Å²) in [7, 11) is 1.65. The van der Waals surface area contributed by atoms with E-state index in [1.165, 1.54) is 16.7 Å². The van der Waals surface area contributed by atoms with Crippen LogP contribution in [0.4, 0.5) is 0 Å². The van der Waals surface area contributed by atoms with Gasteiger partial charge in [-0.1, -0.05) is 26.0 Å². The Morgan fingerprint density at radius 1 is 1.35 bits per heavy atom. The van der Waals surface area contributed by atoms with E-state index in [4.69, 9.17) is 9.57 Å². The molecule has 0 bridgehead atoms. The highest BCUT2D eigenvalue weighted by molar-refractivity contribution is 5.52. The molecule has 2 rings (SSSR count). The Labute approximate surface area is 103 Å². The van der Waals surface area contributed by atoms with E-state index < -0.39 is 0 Å². The van der Waals surface area contributed by atoms with Crippen LogP contribution >= 0.6 is 0 Å². The average molecular weight is 235 g/mol. The molecule has 1 aromatic carbocycles. The molecule has 3 nitrogen and oxygen atoms in total. The van der Waals surface area contributed by atoms with Crippen molar-refractivity contribution in [2.45, 2.75) is 45.8 Å². The average Bonchev–Trinajstić information content (AvgIpc) is 2.57. The van der Waals surface area contributed by atoms with E-state index >= 15 is 0 Å². The fourth-order valence-electron chi connectivity index (χ4n) is 2.46. The molecular weight excluding hydrogens is 214 g/mol. The fraction of sp³-hybridized carbons (Fsp3) is 0.571. The van der Waals surface area contributed by atoms with E-state index in [9.17, 15) is 0 Å². The third kappa shape index (κ3) is 2.05. The van der Waals surface area contributed by atoms with Crippen LogP contribution in [0.3, 0.4) is 0 Å². The highest BCUT2D eigenvalue weighted by atomic mass is 16.6. The Hall–Kier alpha value is -1.06. The van der Waals surface area contributed by atoms with E-state index in [2.05, 4.69) is 45.3 Å². The van der Waals surface area contributed by atoms with Crippen LogP contribution in [0.15, 0.2) is 12.1 Å². The zero-order chi connectivity index (χ0) is 12.6. The molecule has 0 spiro atoms. The van der Waals surface area contributed by atoms with Crippen molar-refractivity contribution in [2.75, 3.05) is 7.11 Å².